The standard InChI is InChI=1S/C17H12BrNO3/c1-19-15-7-6-12(18)9-13(15)14(16(19)20)8-10-2-4-11(5-3-10)17(21)22/h2-9H,1H3,(H,21,22)/p-1/b14-8-. The van der Waals surface area contributed by atoms with Gasteiger partial charge in [-0.3, -0.25) is 4.79 Å². The van der Waals surface area contributed by atoms with Crippen molar-refractivity contribution < 1.29 is 14.7 Å². The van der Waals surface area contributed by atoms with E-state index in [4.69, 9.17) is 0 Å². The minimum atomic E-state index is -1.22. The van der Waals surface area contributed by atoms with Crippen LogP contribution in [0.1, 0.15) is 21.5 Å². The first-order valence-electron chi connectivity index (χ1n) is 6.58. The normalized spacial score (nSPS) is 15.3. The third kappa shape index (κ3) is 2.44. The molecule has 1 aliphatic rings. The van der Waals surface area contributed by atoms with E-state index in [0.29, 0.717) is 5.57 Å². The number of carbonyl (C=O) groups is 2. The second-order valence-electron chi connectivity index (χ2n) is 4.99. The maximum Gasteiger partial charge on any atom is 0.258 e. The summed E-state index contributed by atoms with van der Waals surface area (Å²) in [5.41, 5.74) is 3.16. The van der Waals surface area contributed by atoms with Crippen LogP contribution < -0.4 is 10.0 Å². The van der Waals surface area contributed by atoms with Crippen molar-refractivity contribution in [1.82, 2.24) is 0 Å². The molecule has 2 aromatic rings. The zero-order chi connectivity index (χ0) is 15.9. The molecule has 0 bridgehead atoms. The lowest BCUT2D eigenvalue weighted by molar-refractivity contribution is -0.255. The van der Waals surface area contributed by atoms with Crippen LogP contribution in [0, 0.1) is 0 Å². The first kappa shape index (κ1) is 14.5. The van der Waals surface area contributed by atoms with Gasteiger partial charge >= 0.3 is 0 Å². The lowest BCUT2D eigenvalue weighted by Gasteiger charge is -2.08. The third-order valence-electron chi connectivity index (χ3n) is 3.60. The largest absolute Gasteiger partial charge is 0.545 e. The summed E-state index contributed by atoms with van der Waals surface area (Å²) in [6.07, 6.45) is 1.76. The van der Waals surface area contributed by atoms with Crippen LogP contribution in [0.15, 0.2) is 46.9 Å². The lowest BCUT2D eigenvalue weighted by Crippen LogP contribution is -2.21. The number of carboxylic acid groups (broad SMARTS) is 1. The van der Waals surface area contributed by atoms with Gasteiger partial charge in [0.05, 0.1) is 11.7 Å². The van der Waals surface area contributed by atoms with Gasteiger partial charge in [-0.1, -0.05) is 40.2 Å². The number of carboxylic acids is 1. The van der Waals surface area contributed by atoms with Crippen LogP contribution in [0.2, 0.25) is 0 Å². The Morgan fingerprint density at radius 1 is 1.18 bits per heavy atom. The first-order valence-corrected chi connectivity index (χ1v) is 7.38. The predicted molar refractivity (Wildman–Crippen MR) is 86.2 cm³/mol. The first-order chi connectivity index (χ1) is 10.5. The van der Waals surface area contributed by atoms with Crippen LogP contribution in [0.5, 0.6) is 0 Å². The van der Waals surface area contributed by atoms with E-state index in [1.54, 1.807) is 30.2 Å². The predicted octanol–water partition coefficient (Wildman–Crippen LogP) is 2.33. The number of amides is 1. The van der Waals surface area contributed by atoms with Gasteiger partial charge in [0.1, 0.15) is 0 Å². The van der Waals surface area contributed by atoms with Gasteiger partial charge in [-0.05, 0) is 35.4 Å². The summed E-state index contributed by atoms with van der Waals surface area (Å²) in [6, 6.07) is 11.9. The monoisotopic (exact) mass is 356 g/mol. The molecular formula is C17H11BrNO3-. The van der Waals surface area contributed by atoms with Crippen molar-refractivity contribution in [1.29, 1.82) is 0 Å². The van der Waals surface area contributed by atoms with E-state index in [1.165, 1.54) is 12.1 Å². The molecule has 0 saturated heterocycles. The molecular weight excluding hydrogens is 346 g/mol. The number of likely N-dealkylation sites (N-methyl/N-ethyl adjacent to an activating group) is 1. The molecule has 2 aromatic carbocycles. The minimum absolute atomic E-state index is 0.0860. The highest BCUT2D eigenvalue weighted by Crippen LogP contribution is 2.38. The van der Waals surface area contributed by atoms with Crippen LogP contribution in [-0.4, -0.2) is 18.9 Å². The molecule has 0 saturated carbocycles. The van der Waals surface area contributed by atoms with Crippen LogP contribution in [0.25, 0.3) is 11.6 Å². The van der Waals surface area contributed by atoms with Crippen molar-refractivity contribution in [3.05, 3.63) is 63.6 Å². The van der Waals surface area contributed by atoms with Crippen molar-refractivity contribution in [2.45, 2.75) is 0 Å². The number of anilines is 1. The summed E-state index contributed by atoms with van der Waals surface area (Å²) in [7, 11) is 1.73. The van der Waals surface area contributed by atoms with Crippen LogP contribution in [-0.2, 0) is 4.79 Å². The molecule has 0 unspecified atom stereocenters. The second kappa shape index (κ2) is 5.42. The molecule has 22 heavy (non-hydrogen) atoms. The molecule has 0 spiro atoms. The van der Waals surface area contributed by atoms with E-state index in [0.717, 1.165) is 21.3 Å². The van der Waals surface area contributed by atoms with Gasteiger partial charge < -0.3 is 14.8 Å². The van der Waals surface area contributed by atoms with Gasteiger partial charge in [0, 0.05) is 22.7 Å². The zero-order valence-electron chi connectivity index (χ0n) is 11.7. The zero-order valence-corrected chi connectivity index (χ0v) is 13.3. The summed E-state index contributed by atoms with van der Waals surface area (Å²) in [5, 5.41) is 10.8. The summed E-state index contributed by atoms with van der Waals surface area (Å²) in [6.45, 7) is 0. The highest BCUT2D eigenvalue weighted by molar-refractivity contribution is 9.10. The molecule has 0 atom stereocenters. The van der Waals surface area contributed by atoms with Crippen molar-refractivity contribution in [2.75, 3.05) is 11.9 Å². The molecule has 4 nitrogen and oxygen atoms in total. The molecule has 0 aromatic heterocycles. The van der Waals surface area contributed by atoms with Gasteiger partial charge in [-0.2, -0.15) is 0 Å². The fourth-order valence-electron chi connectivity index (χ4n) is 2.44. The highest BCUT2D eigenvalue weighted by atomic mass is 79.9. The topological polar surface area (TPSA) is 60.4 Å². The Balaban J connectivity index is 2.06. The Morgan fingerprint density at radius 2 is 1.86 bits per heavy atom. The van der Waals surface area contributed by atoms with E-state index in [2.05, 4.69) is 15.9 Å². The quantitative estimate of drug-likeness (QED) is 0.775. The Kier molecular flexibility index (Phi) is 3.58. The minimum Gasteiger partial charge on any atom is -0.545 e. The fourth-order valence-corrected chi connectivity index (χ4v) is 2.80. The van der Waals surface area contributed by atoms with E-state index >= 15 is 0 Å². The van der Waals surface area contributed by atoms with E-state index < -0.39 is 5.97 Å². The third-order valence-corrected chi connectivity index (χ3v) is 4.10. The van der Waals surface area contributed by atoms with Crippen LogP contribution >= 0.6 is 15.9 Å². The Hall–Kier alpha value is -2.40. The van der Waals surface area contributed by atoms with Crippen molar-refractivity contribution in [2.24, 2.45) is 0 Å². The molecule has 0 N–H and O–H groups in total. The van der Waals surface area contributed by atoms with Crippen molar-refractivity contribution in [3.63, 3.8) is 0 Å². The number of hydrogen-bond acceptors (Lipinski definition) is 3. The van der Waals surface area contributed by atoms with E-state index in [9.17, 15) is 14.7 Å². The number of halogens is 1. The number of benzene rings is 2. The number of nitrogens with zero attached hydrogens (tertiary/aromatic N) is 1. The maximum atomic E-state index is 12.4. The fraction of sp³-hybridized carbons (Fsp3) is 0.0588. The molecule has 1 amide bonds. The number of aromatic carboxylic acids is 1. The number of rotatable bonds is 2. The van der Waals surface area contributed by atoms with Gasteiger partial charge in [0.2, 0.25) is 0 Å². The molecule has 110 valence electrons. The van der Waals surface area contributed by atoms with E-state index in [1.807, 2.05) is 18.2 Å². The Labute approximate surface area is 135 Å². The number of carbonyl (C=O) groups excluding carboxylic acids is 2. The van der Waals surface area contributed by atoms with E-state index in [-0.39, 0.29) is 11.5 Å². The summed E-state index contributed by atoms with van der Waals surface area (Å²) in [4.78, 5) is 24.8. The average molecular weight is 357 g/mol. The average Bonchev–Trinajstić information content (AvgIpc) is 2.72. The van der Waals surface area contributed by atoms with Gasteiger partial charge in [0.25, 0.3) is 5.91 Å². The summed E-state index contributed by atoms with van der Waals surface area (Å²) >= 11 is 3.41. The molecule has 0 radical (unpaired) electrons. The molecule has 0 fully saturated rings. The lowest BCUT2D eigenvalue weighted by atomic mass is 10.0. The molecule has 0 aliphatic carbocycles. The van der Waals surface area contributed by atoms with Gasteiger partial charge in [0.15, 0.2) is 0 Å². The second-order valence-corrected chi connectivity index (χ2v) is 5.91. The maximum absolute atomic E-state index is 12.4. The molecule has 1 aliphatic heterocycles. The number of hydrogen-bond donors (Lipinski definition) is 0. The summed E-state index contributed by atoms with van der Waals surface area (Å²) in [5.74, 6) is -1.30. The smallest absolute Gasteiger partial charge is 0.258 e. The Morgan fingerprint density at radius 3 is 2.50 bits per heavy atom. The SMILES string of the molecule is CN1C(=O)/C(=C\c2ccc(C(=O)[O-])cc2)c2cc(Br)ccc21. The Bertz CT molecular complexity index is 809. The number of fused-ring (bicyclic) bond motifs is 1. The molecule has 1 heterocycles. The van der Waals surface area contributed by atoms with Crippen molar-refractivity contribution >= 4 is 45.1 Å². The van der Waals surface area contributed by atoms with Gasteiger partial charge in [-0.15, -0.1) is 0 Å². The summed E-state index contributed by atoms with van der Waals surface area (Å²) < 4.78 is 0.896. The van der Waals surface area contributed by atoms with Crippen LogP contribution in [0.3, 0.4) is 0 Å². The highest BCUT2D eigenvalue weighted by Gasteiger charge is 2.29. The van der Waals surface area contributed by atoms with Crippen molar-refractivity contribution in [3.8, 4) is 0 Å². The molecule has 3 rings (SSSR count). The molecule has 5 heteroatoms. The van der Waals surface area contributed by atoms with Crippen LogP contribution in [0.4, 0.5) is 5.69 Å². The van der Waals surface area contributed by atoms with Gasteiger partial charge in [-0.25, -0.2) is 0 Å².